The van der Waals surface area contributed by atoms with E-state index in [0.29, 0.717) is 4.68 Å². The summed E-state index contributed by atoms with van der Waals surface area (Å²) >= 11 is 0. The summed E-state index contributed by atoms with van der Waals surface area (Å²) in [5.74, 6) is -5.41. The molecule has 0 fully saturated rings. The van der Waals surface area contributed by atoms with Gasteiger partial charge in [-0.05, 0) is 42.5 Å². The van der Waals surface area contributed by atoms with Crippen LogP contribution in [0.4, 0.5) is 32.0 Å². The largest absolute Gasteiger partial charge is 0.433 e. The predicted molar refractivity (Wildman–Crippen MR) is 94.8 cm³/mol. The average molecular weight is 426 g/mol. The number of nitrogens with one attached hydrogen (secondary N) is 1. The van der Waals surface area contributed by atoms with Crippen molar-refractivity contribution in [2.75, 3.05) is 5.32 Å². The van der Waals surface area contributed by atoms with Crippen LogP contribution in [0.15, 0.2) is 61.4 Å². The second-order valence-electron chi connectivity index (χ2n) is 6.01. The summed E-state index contributed by atoms with van der Waals surface area (Å²) < 4.78 is 81.3. The number of alkyl halides is 5. The summed E-state index contributed by atoms with van der Waals surface area (Å²) in [6.45, 7) is 2.90. The number of carbonyl (C=O) groups excluding carboxylic acids is 1. The lowest BCUT2D eigenvalue weighted by molar-refractivity contribution is -0.142. The minimum Gasteiger partial charge on any atom is -0.322 e. The van der Waals surface area contributed by atoms with Crippen molar-refractivity contribution in [1.29, 1.82) is 0 Å². The first-order valence-electron chi connectivity index (χ1n) is 8.23. The summed E-state index contributed by atoms with van der Waals surface area (Å²) in [5.41, 5.74) is -2.85. The van der Waals surface area contributed by atoms with Crippen LogP contribution in [0, 0.1) is 5.82 Å². The van der Waals surface area contributed by atoms with E-state index in [2.05, 4.69) is 22.0 Å². The SMILES string of the molecule is C=CC(F)(F)c1cc(C(F)(F)F)n(-c2ccc(NC(=O)c3ccncc3F)cc2)n1. The van der Waals surface area contributed by atoms with Crippen LogP contribution in [0.25, 0.3) is 5.69 Å². The number of amides is 1. The van der Waals surface area contributed by atoms with Crippen LogP contribution in [-0.2, 0) is 12.1 Å². The second kappa shape index (κ2) is 7.65. The van der Waals surface area contributed by atoms with Gasteiger partial charge in [0.25, 0.3) is 5.91 Å². The molecule has 1 N–H and O–H groups in total. The Kier molecular flexibility index (Phi) is 5.38. The monoisotopic (exact) mass is 426 g/mol. The van der Waals surface area contributed by atoms with E-state index in [0.717, 1.165) is 24.4 Å². The molecule has 0 atom stereocenters. The van der Waals surface area contributed by atoms with Gasteiger partial charge in [-0.1, -0.05) is 6.58 Å². The number of nitrogens with zero attached hydrogens (tertiary/aromatic N) is 3. The fourth-order valence-corrected chi connectivity index (χ4v) is 2.49. The highest BCUT2D eigenvalue weighted by molar-refractivity contribution is 6.04. The van der Waals surface area contributed by atoms with Crippen LogP contribution in [0.3, 0.4) is 0 Å². The molecule has 0 unspecified atom stereocenters. The zero-order valence-electron chi connectivity index (χ0n) is 14.9. The molecule has 1 amide bonds. The first kappa shape index (κ1) is 21.1. The molecule has 2 aromatic heterocycles. The molecule has 0 aliphatic rings. The summed E-state index contributed by atoms with van der Waals surface area (Å²) in [4.78, 5) is 15.6. The van der Waals surface area contributed by atoms with Crippen LogP contribution in [-0.4, -0.2) is 20.7 Å². The van der Waals surface area contributed by atoms with Gasteiger partial charge in [0.05, 0.1) is 17.4 Å². The number of carbonyl (C=O) groups is 1. The van der Waals surface area contributed by atoms with Gasteiger partial charge in [0.15, 0.2) is 5.82 Å². The third kappa shape index (κ3) is 4.19. The summed E-state index contributed by atoms with van der Waals surface area (Å²) in [6, 6.07) is 6.11. The molecule has 0 saturated carbocycles. The molecule has 0 aliphatic heterocycles. The van der Waals surface area contributed by atoms with Gasteiger partial charge in [-0.2, -0.15) is 27.1 Å². The highest BCUT2D eigenvalue weighted by Crippen LogP contribution is 2.36. The van der Waals surface area contributed by atoms with Gasteiger partial charge < -0.3 is 5.32 Å². The Morgan fingerprint density at radius 2 is 1.77 bits per heavy atom. The molecule has 30 heavy (non-hydrogen) atoms. The molecule has 0 radical (unpaired) electrons. The Hall–Kier alpha value is -3.63. The van der Waals surface area contributed by atoms with Crippen molar-refractivity contribution in [2.45, 2.75) is 12.1 Å². The highest BCUT2D eigenvalue weighted by atomic mass is 19.4. The topological polar surface area (TPSA) is 59.8 Å². The van der Waals surface area contributed by atoms with Crippen molar-refractivity contribution in [3.63, 3.8) is 0 Å². The first-order chi connectivity index (χ1) is 14.0. The lowest BCUT2D eigenvalue weighted by Crippen LogP contribution is -2.15. The number of allylic oxidation sites excluding steroid dienone is 1. The van der Waals surface area contributed by atoms with E-state index in [4.69, 9.17) is 0 Å². The Labute approximate surface area is 165 Å². The maximum atomic E-state index is 13.7. The highest BCUT2D eigenvalue weighted by Gasteiger charge is 2.40. The Morgan fingerprint density at radius 1 is 1.10 bits per heavy atom. The van der Waals surface area contributed by atoms with Gasteiger partial charge in [0.1, 0.15) is 11.4 Å². The standard InChI is InChI=1S/C19H12F6N4O/c1-2-18(21,22)15-9-16(19(23,24)25)29(28-15)12-5-3-11(4-6-12)27-17(30)13-7-8-26-10-14(13)20/h2-10H,1H2,(H,27,30). The zero-order valence-corrected chi connectivity index (χ0v) is 14.9. The average Bonchev–Trinajstić information content (AvgIpc) is 3.16. The number of aromatic nitrogens is 3. The first-order valence-corrected chi connectivity index (χ1v) is 8.23. The van der Waals surface area contributed by atoms with E-state index in [-0.39, 0.29) is 29.1 Å². The number of benzene rings is 1. The van der Waals surface area contributed by atoms with Gasteiger partial charge in [-0.25, -0.2) is 9.07 Å². The van der Waals surface area contributed by atoms with E-state index < -0.39 is 35.2 Å². The van der Waals surface area contributed by atoms with Crippen molar-refractivity contribution in [2.24, 2.45) is 0 Å². The predicted octanol–water partition coefficient (Wildman–Crippen LogP) is 4.96. The molecule has 3 aromatic rings. The number of hydrogen-bond donors (Lipinski definition) is 1. The van der Waals surface area contributed by atoms with Gasteiger partial charge in [0, 0.05) is 11.9 Å². The molecular formula is C19H12F6N4O. The van der Waals surface area contributed by atoms with Gasteiger partial charge in [-0.15, -0.1) is 0 Å². The van der Waals surface area contributed by atoms with Crippen molar-refractivity contribution < 1.29 is 31.1 Å². The molecule has 0 spiro atoms. The van der Waals surface area contributed by atoms with Crippen LogP contribution in [0.2, 0.25) is 0 Å². The molecule has 0 bridgehead atoms. The van der Waals surface area contributed by atoms with Gasteiger partial charge >= 0.3 is 12.1 Å². The van der Waals surface area contributed by atoms with E-state index in [1.54, 1.807) is 0 Å². The van der Waals surface area contributed by atoms with Crippen LogP contribution < -0.4 is 5.32 Å². The summed E-state index contributed by atoms with van der Waals surface area (Å²) in [6.07, 6.45) is -2.69. The van der Waals surface area contributed by atoms with Crippen molar-refractivity contribution in [1.82, 2.24) is 14.8 Å². The molecule has 156 valence electrons. The van der Waals surface area contributed by atoms with Gasteiger partial charge in [0.2, 0.25) is 0 Å². The number of rotatable bonds is 5. The summed E-state index contributed by atoms with van der Waals surface area (Å²) in [7, 11) is 0. The molecule has 5 nitrogen and oxygen atoms in total. The van der Waals surface area contributed by atoms with Crippen molar-refractivity contribution in [3.8, 4) is 5.69 Å². The smallest absolute Gasteiger partial charge is 0.322 e. The van der Waals surface area contributed by atoms with E-state index in [1.807, 2.05) is 0 Å². The van der Waals surface area contributed by atoms with Crippen molar-refractivity contribution in [3.05, 3.63) is 84.2 Å². The van der Waals surface area contributed by atoms with E-state index in [9.17, 15) is 31.1 Å². The molecule has 0 aliphatic carbocycles. The third-order valence-corrected chi connectivity index (χ3v) is 3.98. The zero-order chi connectivity index (χ0) is 22.1. The number of halogens is 6. The van der Waals surface area contributed by atoms with Gasteiger partial charge in [-0.3, -0.25) is 9.78 Å². The van der Waals surface area contributed by atoms with E-state index in [1.165, 1.54) is 18.3 Å². The minimum absolute atomic E-state index is 0.136. The Balaban J connectivity index is 1.92. The fourth-order valence-electron chi connectivity index (χ4n) is 2.49. The molecule has 3 rings (SSSR count). The maximum absolute atomic E-state index is 13.7. The number of pyridine rings is 1. The lowest BCUT2D eigenvalue weighted by Gasteiger charge is -2.11. The van der Waals surface area contributed by atoms with Crippen LogP contribution >= 0.6 is 0 Å². The van der Waals surface area contributed by atoms with Crippen LogP contribution in [0.1, 0.15) is 21.7 Å². The minimum atomic E-state index is -4.95. The number of anilines is 1. The Morgan fingerprint density at radius 3 is 2.33 bits per heavy atom. The molecule has 2 heterocycles. The molecule has 0 saturated heterocycles. The fraction of sp³-hybridized carbons (Fsp3) is 0.105. The summed E-state index contributed by atoms with van der Waals surface area (Å²) in [5, 5.41) is 5.74. The maximum Gasteiger partial charge on any atom is 0.433 e. The lowest BCUT2D eigenvalue weighted by atomic mass is 10.2. The third-order valence-electron chi connectivity index (χ3n) is 3.98. The van der Waals surface area contributed by atoms with Crippen molar-refractivity contribution >= 4 is 11.6 Å². The van der Waals surface area contributed by atoms with E-state index >= 15 is 0 Å². The molecule has 11 heteroatoms. The second-order valence-corrected chi connectivity index (χ2v) is 6.01. The molecular weight excluding hydrogens is 414 g/mol. The molecule has 1 aromatic carbocycles. The van der Waals surface area contributed by atoms with Crippen LogP contribution in [0.5, 0.6) is 0 Å². The Bertz CT molecular complexity index is 1090. The normalized spacial score (nSPS) is 11.9. The quantitative estimate of drug-likeness (QED) is 0.464. The number of hydrogen-bond acceptors (Lipinski definition) is 3.